The van der Waals surface area contributed by atoms with Gasteiger partial charge < -0.3 is 25.2 Å². The topological polar surface area (TPSA) is 65.6 Å². The van der Waals surface area contributed by atoms with Crippen LogP contribution in [0.15, 0.2) is 6.07 Å². The molecule has 0 unspecified atom stereocenters. The Labute approximate surface area is 155 Å². The number of thiocarbonyl (C=S) groups is 1. The molecule has 138 valence electrons. The van der Waals surface area contributed by atoms with E-state index in [0.717, 1.165) is 57.4 Å². The third-order valence-corrected chi connectivity index (χ3v) is 4.84. The summed E-state index contributed by atoms with van der Waals surface area (Å²) in [4.78, 5) is 14.1. The highest BCUT2D eigenvalue weighted by atomic mass is 32.1. The molecule has 1 aromatic rings. The molecule has 7 nitrogen and oxygen atoms in total. The normalized spacial score (nSPS) is 17.2. The van der Waals surface area contributed by atoms with Crippen molar-refractivity contribution in [3.63, 3.8) is 0 Å². The highest BCUT2D eigenvalue weighted by Crippen LogP contribution is 2.26. The Morgan fingerprint density at radius 1 is 1.08 bits per heavy atom. The number of aromatic nitrogens is 2. The number of hydrogen-bond donors (Lipinski definition) is 2. The maximum Gasteiger partial charge on any atom is 0.232 e. The molecule has 0 atom stereocenters. The van der Waals surface area contributed by atoms with Gasteiger partial charge in [-0.1, -0.05) is 0 Å². The van der Waals surface area contributed by atoms with Crippen LogP contribution in [0.5, 0.6) is 0 Å². The molecule has 3 heterocycles. The van der Waals surface area contributed by atoms with Gasteiger partial charge in [0, 0.05) is 52.5 Å². The number of nitrogens with one attached hydrogen (secondary N) is 2. The number of hydrogen-bond acceptors (Lipinski definition) is 6. The second kappa shape index (κ2) is 9.15. The Bertz CT molecular complexity index is 538. The zero-order valence-corrected chi connectivity index (χ0v) is 15.8. The first-order chi connectivity index (χ1) is 12.3. The minimum Gasteiger partial charge on any atom is -0.385 e. The number of ether oxygens (including phenoxy) is 1. The lowest BCUT2D eigenvalue weighted by molar-refractivity contribution is 0.196. The van der Waals surface area contributed by atoms with Crippen LogP contribution in [0.4, 0.5) is 17.6 Å². The SMILES string of the molecule is COCCCNC(=S)Nc1nc(N2CCCC2)cc(N2CCCC2)n1. The Morgan fingerprint density at radius 2 is 1.64 bits per heavy atom. The van der Waals surface area contributed by atoms with E-state index in [-0.39, 0.29) is 0 Å². The minimum atomic E-state index is 0.557. The van der Waals surface area contributed by atoms with E-state index >= 15 is 0 Å². The first-order valence-electron chi connectivity index (χ1n) is 9.19. The molecule has 2 aliphatic heterocycles. The second-order valence-corrected chi connectivity index (χ2v) is 6.93. The summed E-state index contributed by atoms with van der Waals surface area (Å²) in [6.07, 6.45) is 5.82. The van der Waals surface area contributed by atoms with Gasteiger partial charge in [0.25, 0.3) is 0 Å². The zero-order valence-electron chi connectivity index (χ0n) is 15.0. The summed E-state index contributed by atoms with van der Waals surface area (Å²) in [6.45, 7) is 5.75. The van der Waals surface area contributed by atoms with Crippen LogP contribution in [0.25, 0.3) is 0 Å². The molecule has 0 bridgehead atoms. The molecular weight excluding hydrogens is 336 g/mol. The van der Waals surface area contributed by atoms with E-state index in [1.807, 2.05) is 0 Å². The van der Waals surface area contributed by atoms with Crippen LogP contribution in [0, 0.1) is 0 Å². The van der Waals surface area contributed by atoms with Gasteiger partial charge in [-0.2, -0.15) is 9.97 Å². The molecule has 2 saturated heterocycles. The average Bonchev–Trinajstić information content (AvgIpc) is 3.32. The second-order valence-electron chi connectivity index (χ2n) is 6.52. The van der Waals surface area contributed by atoms with Crippen molar-refractivity contribution in [3.8, 4) is 0 Å². The smallest absolute Gasteiger partial charge is 0.232 e. The van der Waals surface area contributed by atoms with E-state index in [1.54, 1.807) is 7.11 Å². The summed E-state index contributed by atoms with van der Waals surface area (Å²) in [5.41, 5.74) is 0. The Hall–Kier alpha value is -1.67. The van der Waals surface area contributed by atoms with E-state index < -0.39 is 0 Å². The molecule has 25 heavy (non-hydrogen) atoms. The van der Waals surface area contributed by atoms with Gasteiger partial charge in [0.05, 0.1) is 0 Å². The van der Waals surface area contributed by atoms with Gasteiger partial charge >= 0.3 is 0 Å². The Morgan fingerprint density at radius 3 is 2.16 bits per heavy atom. The highest BCUT2D eigenvalue weighted by Gasteiger charge is 2.20. The molecule has 0 spiro atoms. The summed E-state index contributed by atoms with van der Waals surface area (Å²) in [5.74, 6) is 2.58. The first kappa shape index (κ1) is 18.1. The molecule has 0 amide bonds. The van der Waals surface area contributed by atoms with Crippen molar-refractivity contribution in [2.45, 2.75) is 32.1 Å². The minimum absolute atomic E-state index is 0.557. The van der Waals surface area contributed by atoms with Crippen LogP contribution in [-0.2, 0) is 4.74 Å². The summed E-state index contributed by atoms with van der Waals surface area (Å²) in [7, 11) is 1.70. The quantitative estimate of drug-likeness (QED) is 0.563. The standard InChI is InChI=1S/C17H28N6OS/c1-24-12-6-7-18-17(25)21-16-19-14(22-8-2-3-9-22)13-15(20-16)23-10-4-5-11-23/h13H,2-12H2,1H3,(H2,18,19,20,21,25). The molecular formula is C17H28N6OS. The predicted molar refractivity (Wildman–Crippen MR) is 106 cm³/mol. The Kier molecular flexibility index (Phi) is 6.63. The summed E-state index contributed by atoms with van der Waals surface area (Å²) >= 11 is 5.37. The van der Waals surface area contributed by atoms with Crippen LogP contribution in [0.2, 0.25) is 0 Å². The molecule has 2 fully saturated rings. The van der Waals surface area contributed by atoms with Gasteiger partial charge in [0.1, 0.15) is 11.6 Å². The Balaban J connectivity index is 1.69. The monoisotopic (exact) mass is 364 g/mol. The largest absolute Gasteiger partial charge is 0.385 e. The van der Waals surface area contributed by atoms with Crippen molar-refractivity contribution >= 4 is 34.9 Å². The highest BCUT2D eigenvalue weighted by molar-refractivity contribution is 7.80. The average molecular weight is 365 g/mol. The summed E-state index contributed by atoms with van der Waals surface area (Å²) in [5, 5.41) is 6.89. The molecule has 2 aliphatic rings. The van der Waals surface area contributed by atoms with Gasteiger partial charge in [-0.15, -0.1) is 0 Å². The fourth-order valence-corrected chi connectivity index (χ4v) is 3.45. The third kappa shape index (κ3) is 5.15. The van der Waals surface area contributed by atoms with Crippen LogP contribution in [0.3, 0.4) is 0 Å². The van der Waals surface area contributed by atoms with Crippen molar-refractivity contribution in [1.82, 2.24) is 15.3 Å². The van der Waals surface area contributed by atoms with Crippen LogP contribution in [0.1, 0.15) is 32.1 Å². The lowest BCUT2D eigenvalue weighted by atomic mass is 10.4. The number of rotatable bonds is 7. The molecule has 3 rings (SSSR count). The predicted octanol–water partition coefficient (Wildman–Crippen LogP) is 2.00. The van der Waals surface area contributed by atoms with E-state index in [9.17, 15) is 0 Å². The zero-order chi connectivity index (χ0) is 17.5. The van der Waals surface area contributed by atoms with Crippen molar-refractivity contribution < 1.29 is 4.74 Å². The van der Waals surface area contributed by atoms with Crippen molar-refractivity contribution in [1.29, 1.82) is 0 Å². The van der Waals surface area contributed by atoms with Crippen LogP contribution < -0.4 is 20.4 Å². The molecule has 8 heteroatoms. The van der Waals surface area contributed by atoms with Crippen molar-refractivity contribution in [2.24, 2.45) is 0 Å². The maximum atomic E-state index is 5.37. The lowest BCUT2D eigenvalue weighted by Gasteiger charge is -2.22. The fraction of sp³-hybridized carbons (Fsp3) is 0.706. The van der Waals surface area contributed by atoms with Crippen LogP contribution in [-0.4, -0.2) is 61.5 Å². The number of nitrogens with zero attached hydrogens (tertiary/aromatic N) is 4. The molecule has 0 aromatic carbocycles. The van der Waals surface area contributed by atoms with E-state index in [2.05, 4.69) is 26.5 Å². The van der Waals surface area contributed by atoms with E-state index in [4.69, 9.17) is 26.9 Å². The number of methoxy groups -OCH3 is 1. The van der Waals surface area contributed by atoms with Gasteiger partial charge in [-0.05, 0) is 44.3 Å². The van der Waals surface area contributed by atoms with E-state index in [0.29, 0.717) is 11.1 Å². The van der Waals surface area contributed by atoms with Gasteiger partial charge in [-0.25, -0.2) is 0 Å². The maximum absolute atomic E-state index is 5.37. The fourth-order valence-electron chi connectivity index (χ4n) is 3.26. The lowest BCUT2D eigenvalue weighted by Crippen LogP contribution is -2.31. The van der Waals surface area contributed by atoms with Crippen LogP contribution >= 0.6 is 12.2 Å². The van der Waals surface area contributed by atoms with Gasteiger partial charge in [0.15, 0.2) is 5.11 Å². The molecule has 0 aliphatic carbocycles. The third-order valence-electron chi connectivity index (χ3n) is 4.60. The number of anilines is 3. The molecule has 1 aromatic heterocycles. The van der Waals surface area contributed by atoms with Gasteiger partial charge in [-0.3, -0.25) is 0 Å². The summed E-state index contributed by atoms with van der Waals surface area (Å²) < 4.78 is 5.05. The van der Waals surface area contributed by atoms with Gasteiger partial charge in [0.2, 0.25) is 5.95 Å². The summed E-state index contributed by atoms with van der Waals surface area (Å²) in [6, 6.07) is 2.12. The molecule has 0 radical (unpaired) electrons. The molecule has 2 N–H and O–H groups in total. The van der Waals surface area contributed by atoms with Crippen molar-refractivity contribution in [2.75, 3.05) is 61.6 Å². The van der Waals surface area contributed by atoms with E-state index in [1.165, 1.54) is 25.7 Å². The first-order valence-corrected chi connectivity index (χ1v) is 9.60. The molecule has 0 saturated carbocycles. The van der Waals surface area contributed by atoms with Crippen molar-refractivity contribution in [3.05, 3.63) is 6.07 Å².